The summed E-state index contributed by atoms with van der Waals surface area (Å²) in [5.74, 6) is 1.18. The van der Waals surface area contributed by atoms with Crippen LogP contribution in [0.2, 0.25) is 0 Å². The van der Waals surface area contributed by atoms with Crippen LogP contribution in [-0.4, -0.2) is 23.8 Å². The Kier molecular flexibility index (Phi) is 4.23. The van der Waals surface area contributed by atoms with E-state index in [1.807, 2.05) is 13.8 Å². The number of nitrogens with zero attached hydrogens (tertiary/aromatic N) is 2. The molecule has 0 aliphatic heterocycles. The second kappa shape index (κ2) is 5.23. The van der Waals surface area contributed by atoms with E-state index in [1.165, 1.54) is 0 Å². The molecule has 0 spiro atoms. The maximum absolute atomic E-state index is 5.26. The first kappa shape index (κ1) is 12.1. The van der Waals surface area contributed by atoms with Crippen molar-refractivity contribution in [1.29, 1.82) is 0 Å². The van der Waals surface area contributed by atoms with Gasteiger partial charge in [-0.1, -0.05) is 12.1 Å². The lowest BCUT2D eigenvalue weighted by atomic mass is 10.1. The molecule has 1 N–H and O–H groups in total. The van der Waals surface area contributed by atoms with Crippen molar-refractivity contribution < 1.29 is 9.26 Å². The minimum atomic E-state index is -0.494. The molecule has 0 aromatic carbocycles. The van der Waals surface area contributed by atoms with Crippen LogP contribution in [-0.2, 0) is 16.9 Å². The third kappa shape index (κ3) is 3.28. The van der Waals surface area contributed by atoms with Gasteiger partial charge in [-0.3, -0.25) is 0 Å². The van der Waals surface area contributed by atoms with Crippen molar-refractivity contribution in [3.8, 4) is 0 Å². The average molecular weight is 213 g/mol. The molecular weight excluding hydrogens is 194 g/mol. The highest BCUT2D eigenvalue weighted by molar-refractivity contribution is 4.96. The van der Waals surface area contributed by atoms with Crippen LogP contribution >= 0.6 is 0 Å². The summed E-state index contributed by atoms with van der Waals surface area (Å²) in [6, 6.07) is 0. The summed E-state index contributed by atoms with van der Waals surface area (Å²) in [4.78, 5) is 4.26. The summed E-state index contributed by atoms with van der Waals surface area (Å²) < 4.78 is 10.4. The van der Waals surface area contributed by atoms with Gasteiger partial charge in [-0.2, -0.15) is 4.98 Å². The van der Waals surface area contributed by atoms with Crippen LogP contribution in [0.5, 0.6) is 0 Å². The third-order valence-corrected chi connectivity index (χ3v) is 2.22. The molecule has 0 unspecified atom stereocenters. The van der Waals surface area contributed by atoms with Crippen LogP contribution in [0.3, 0.4) is 0 Å². The monoisotopic (exact) mass is 213 g/mol. The highest BCUT2D eigenvalue weighted by Gasteiger charge is 2.25. The first-order valence-corrected chi connectivity index (χ1v) is 5.19. The molecular formula is C10H19N3O2. The van der Waals surface area contributed by atoms with E-state index in [0.29, 0.717) is 18.3 Å². The first-order chi connectivity index (χ1) is 7.10. The first-order valence-electron chi connectivity index (χ1n) is 5.19. The third-order valence-electron chi connectivity index (χ3n) is 2.22. The highest BCUT2D eigenvalue weighted by atomic mass is 16.5. The van der Waals surface area contributed by atoms with Gasteiger partial charge in [0.25, 0.3) is 0 Å². The molecule has 0 atom stereocenters. The standard InChI is InChI=1S/C10H19N3O2/c1-5-6-11-7-8-12-9(13-15-8)10(2,3)14-4/h11H,5-7H2,1-4H3. The second-order valence-electron chi connectivity index (χ2n) is 3.90. The van der Waals surface area contributed by atoms with Crippen molar-refractivity contribution in [2.75, 3.05) is 13.7 Å². The van der Waals surface area contributed by atoms with Crippen molar-refractivity contribution in [1.82, 2.24) is 15.5 Å². The van der Waals surface area contributed by atoms with Crippen LogP contribution < -0.4 is 5.32 Å². The van der Waals surface area contributed by atoms with E-state index in [0.717, 1.165) is 13.0 Å². The molecule has 0 aliphatic carbocycles. The molecule has 5 heteroatoms. The van der Waals surface area contributed by atoms with Crippen molar-refractivity contribution in [3.05, 3.63) is 11.7 Å². The van der Waals surface area contributed by atoms with Crippen molar-refractivity contribution in [3.63, 3.8) is 0 Å². The molecule has 1 aromatic heterocycles. The van der Waals surface area contributed by atoms with Crippen LogP contribution in [0.4, 0.5) is 0 Å². The van der Waals surface area contributed by atoms with Gasteiger partial charge >= 0.3 is 0 Å². The number of nitrogens with one attached hydrogen (secondary N) is 1. The van der Waals surface area contributed by atoms with E-state index in [1.54, 1.807) is 7.11 Å². The maximum atomic E-state index is 5.26. The normalized spacial score (nSPS) is 12.0. The second-order valence-corrected chi connectivity index (χ2v) is 3.90. The van der Waals surface area contributed by atoms with Gasteiger partial charge in [-0.15, -0.1) is 0 Å². The Labute approximate surface area is 90.2 Å². The molecule has 0 aliphatic rings. The summed E-state index contributed by atoms with van der Waals surface area (Å²) in [6.07, 6.45) is 1.09. The Balaban J connectivity index is 2.56. The molecule has 0 amide bonds. The summed E-state index contributed by atoms with van der Waals surface area (Å²) in [5, 5.41) is 7.08. The van der Waals surface area contributed by atoms with Gasteiger partial charge in [0.1, 0.15) is 5.60 Å². The van der Waals surface area contributed by atoms with E-state index in [4.69, 9.17) is 9.26 Å². The quantitative estimate of drug-likeness (QED) is 0.725. The van der Waals surface area contributed by atoms with Gasteiger partial charge < -0.3 is 14.6 Å². The zero-order chi connectivity index (χ0) is 11.3. The molecule has 15 heavy (non-hydrogen) atoms. The van der Waals surface area contributed by atoms with E-state index in [-0.39, 0.29) is 0 Å². The molecule has 1 aromatic rings. The molecule has 0 radical (unpaired) electrons. The Morgan fingerprint density at radius 3 is 2.80 bits per heavy atom. The molecule has 0 bridgehead atoms. The Hall–Kier alpha value is -0.940. The van der Waals surface area contributed by atoms with E-state index >= 15 is 0 Å². The summed E-state index contributed by atoms with van der Waals surface area (Å²) in [5.41, 5.74) is -0.494. The van der Waals surface area contributed by atoms with Gasteiger partial charge in [0.15, 0.2) is 0 Å². The molecule has 86 valence electrons. The predicted molar refractivity (Wildman–Crippen MR) is 56.3 cm³/mol. The topological polar surface area (TPSA) is 60.2 Å². The fraction of sp³-hybridized carbons (Fsp3) is 0.800. The lowest BCUT2D eigenvalue weighted by molar-refractivity contribution is 0.00973. The minimum Gasteiger partial charge on any atom is -0.371 e. The van der Waals surface area contributed by atoms with Crippen LogP contribution in [0.1, 0.15) is 38.9 Å². The summed E-state index contributed by atoms with van der Waals surface area (Å²) >= 11 is 0. The summed E-state index contributed by atoms with van der Waals surface area (Å²) in [7, 11) is 1.63. The number of ether oxygens (including phenoxy) is 1. The van der Waals surface area contributed by atoms with Gasteiger partial charge in [0.05, 0.1) is 6.54 Å². The van der Waals surface area contributed by atoms with E-state index < -0.39 is 5.60 Å². The smallest absolute Gasteiger partial charge is 0.240 e. The number of methoxy groups -OCH3 is 1. The van der Waals surface area contributed by atoms with Crippen LogP contribution in [0, 0.1) is 0 Å². The molecule has 0 saturated heterocycles. The molecule has 0 fully saturated rings. The van der Waals surface area contributed by atoms with Crippen LogP contribution in [0.15, 0.2) is 4.52 Å². The number of hydrogen-bond acceptors (Lipinski definition) is 5. The molecule has 1 rings (SSSR count). The number of hydrogen-bond donors (Lipinski definition) is 1. The lowest BCUT2D eigenvalue weighted by Gasteiger charge is -2.17. The largest absolute Gasteiger partial charge is 0.371 e. The van der Waals surface area contributed by atoms with E-state index in [9.17, 15) is 0 Å². The van der Waals surface area contributed by atoms with Gasteiger partial charge in [-0.05, 0) is 26.8 Å². The van der Waals surface area contributed by atoms with Gasteiger partial charge in [0, 0.05) is 7.11 Å². The molecule has 0 saturated carbocycles. The van der Waals surface area contributed by atoms with Gasteiger partial charge in [-0.25, -0.2) is 0 Å². The Morgan fingerprint density at radius 1 is 1.47 bits per heavy atom. The SMILES string of the molecule is CCCNCc1nc(C(C)(C)OC)no1. The average Bonchev–Trinajstić information content (AvgIpc) is 2.68. The van der Waals surface area contributed by atoms with Crippen molar-refractivity contribution in [2.45, 2.75) is 39.3 Å². The minimum absolute atomic E-state index is 0.494. The number of aromatic nitrogens is 2. The molecule has 1 heterocycles. The Bertz CT molecular complexity index is 297. The fourth-order valence-corrected chi connectivity index (χ4v) is 1.03. The fourth-order valence-electron chi connectivity index (χ4n) is 1.03. The number of rotatable bonds is 6. The van der Waals surface area contributed by atoms with E-state index in [2.05, 4.69) is 22.4 Å². The summed E-state index contributed by atoms with van der Waals surface area (Å²) in [6.45, 7) is 7.48. The van der Waals surface area contributed by atoms with Crippen molar-refractivity contribution in [2.24, 2.45) is 0 Å². The van der Waals surface area contributed by atoms with Crippen molar-refractivity contribution >= 4 is 0 Å². The maximum Gasteiger partial charge on any atom is 0.240 e. The zero-order valence-electron chi connectivity index (χ0n) is 9.83. The van der Waals surface area contributed by atoms with Crippen LogP contribution in [0.25, 0.3) is 0 Å². The predicted octanol–water partition coefficient (Wildman–Crippen LogP) is 1.45. The zero-order valence-corrected chi connectivity index (χ0v) is 9.83. The van der Waals surface area contributed by atoms with Gasteiger partial charge in [0.2, 0.25) is 11.7 Å². The Morgan fingerprint density at radius 2 is 2.20 bits per heavy atom. The lowest BCUT2D eigenvalue weighted by Crippen LogP contribution is -2.21. The molecule has 5 nitrogen and oxygen atoms in total. The highest BCUT2D eigenvalue weighted by Crippen LogP contribution is 2.20.